The van der Waals surface area contributed by atoms with E-state index in [1.807, 2.05) is 23.1 Å². The van der Waals surface area contributed by atoms with Gasteiger partial charge in [0.05, 0.1) is 12.0 Å². The molecular weight excluding hydrogens is 348 g/mol. The van der Waals surface area contributed by atoms with E-state index in [9.17, 15) is 9.59 Å². The highest BCUT2D eigenvalue weighted by Crippen LogP contribution is 2.24. The summed E-state index contributed by atoms with van der Waals surface area (Å²) in [5.41, 5.74) is 1.86. The summed E-state index contributed by atoms with van der Waals surface area (Å²) < 4.78 is 5.19. The zero-order valence-electron chi connectivity index (χ0n) is 15.4. The minimum atomic E-state index is -0.0174. The highest BCUT2D eigenvalue weighted by Gasteiger charge is 2.26. The largest absolute Gasteiger partial charge is 0.497 e. The number of piperazine rings is 1. The minimum Gasteiger partial charge on any atom is -0.497 e. The molecule has 138 valence electrons. The van der Waals surface area contributed by atoms with Crippen LogP contribution in [0.4, 0.5) is 0 Å². The fourth-order valence-electron chi connectivity index (χ4n) is 3.18. The van der Waals surface area contributed by atoms with Crippen molar-refractivity contribution in [3.05, 3.63) is 51.2 Å². The van der Waals surface area contributed by atoms with Gasteiger partial charge in [0.2, 0.25) is 0 Å². The lowest BCUT2D eigenvalue weighted by Crippen LogP contribution is -2.50. The Morgan fingerprint density at radius 2 is 1.73 bits per heavy atom. The quantitative estimate of drug-likeness (QED) is 0.828. The number of aryl methyl sites for hydroxylation is 2. The third-order valence-electron chi connectivity index (χ3n) is 4.78. The van der Waals surface area contributed by atoms with Crippen LogP contribution in [0.5, 0.6) is 5.75 Å². The molecule has 0 bridgehead atoms. The van der Waals surface area contributed by atoms with Crippen molar-refractivity contribution in [3.8, 4) is 5.75 Å². The summed E-state index contributed by atoms with van der Waals surface area (Å²) in [4.78, 5) is 31.1. The Labute approximate surface area is 158 Å². The predicted molar refractivity (Wildman–Crippen MR) is 103 cm³/mol. The molecule has 1 saturated heterocycles. The molecule has 0 spiro atoms. The van der Waals surface area contributed by atoms with Gasteiger partial charge in [0, 0.05) is 36.6 Å². The van der Waals surface area contributed by atoms with Crippen molar-refractivity contribution in [3.63, 3.8) is 0 Å². The Hall–Kier alpha value is -2.34. The maximum absolute atomic E-state index is 12.7. The molecule has 2 heterocycles. The third-order valence-corrected chi connectivity index (χ3v) is 5.86. The van der Waals surface area contributed by atoms with Gasteiger partial charge >= 0.3 is 0 Å². The van der Waals surface area contributed by atoms with E-state index >= 15 is 0 Å². The molecule has 0 unspecified atom stereocenters. The lowest BCUT2D eigenvalue weighted by molar-refractivity contribution is 0.0538. The monoisotopic (exact) mass is 372 g/mol. The molecule has 0 aliphatic carbocycles. The van der Waals surface area contributed by atoms with Crippen LogP contribution >= 0.6 is 11.3 Å². The number of nitrogens with zero attached hydrogens (tertiary/aromatic N) is 2. The van der Waals surface area contributed by atoms with Crippen molar-refractivity contribution in [2.45, 2.75) is 20.3 Å². The summed E-state index contributed by atoms with van der Waals surface area (Å²) in [6.07, 6.45) is 0.943. The molecule has 1 aromatic heterocycles. The molecule has 1 aromatic carbocycles. The predicted octanol–water partition coefficient (Wildman–Crippen LogP) is 3.23. The van der Waals surface area contributed by atoms with Crippen LogP contribution in [0.2, 0.25) is 0 Å². The Kier molecular flexibility index (Phi) is 5.61. The van der Waals surface area contributed by atoms with E-state index in [0.717, 1.165) is 11.3 Å². The Bertz CT molecular complexity index is 807. The molecule has 0 N–H and O–H groups in total. The number of ether oxygens (including phenoxy) is 1. The van der Waals surface area contributed by atoms with Crippen LogP contribution in [0, 0.1) is 6.92 Å². The SMILES string of the molecule is CCc1cc(C(=O)N2CCN(C(=O)c3cccc(OC)c3)CC2)sc1C. The normalized spacial score (nSPS) is 14.4. The average Bonchev–Trinajstić information content (AvgIpc) is 3.07. The van der Waals surface area contributed by atoms with E-state index in [-0.39, 0.29) is 11.8 Å². The summed E-state index contributed by atoms with van der Waals surface area (Å²) in [6, 6.07) is 9.19. The number of carbonyl (C=O) groups excluding carboxylic acids is 2. The number of rotatable bonds is 4. The Balaban J connectivity index is 1.63. The lowest BCUT2D eigenvalue weighted by atomic mass is 10.1. The van der Waals surface area contributed by atoms with Gasteiger partial charge < -0.3 is 14.5 Å². The summed E-state index contributed by atoms with van der Waals surface area (Å²) in [5.74, 6) is 0.729. The Morgan fingerprint density at radius 3 is 2.31 bits per heavy atom. The van der Waals surface area contributed by atoms with Gasteiger partial charge in [-0.1, -0.05) is 13.0 Å². The van der Waals surface area contributed by atoms with Crippen LogP contribution in [-0.4, -0.2) is 54.9 Å². The first kappa shape index (κ1) is 18.5. The number of hydrogen-bond acceptors (Lipinski definition) is 4. The first-order valence-corrected chi connectivity index (χ1v) is 9.67. The maximum atomic E-state index is 12.7. The highest BCUT2D eigenvalue weighted by atomic mass is 32.1. The molecule has 2 amide bonds. The van der Waals surface area contributed by atoms with Crippen LogP contribution in [-0.2, 0) is 6.42 Å². The van der Waals surface area contributed by atoms with Crippen LogP contribution < -0.4 is 4.74 Å². The van der Waals surface area contributed by atoms with Crippen LogP contribution in [0.1, 0.15) is 37.4 Å². The molecule has 6 heteroatoms. The van der Waals surface area contributed by atoms with Gasteiger partial charge in [0.15, 0.2) is 0 Å². The van der Waals surface area contributed by atoms with Gasteiger partial charge in [-0.3, -0.25) is 9.59 Å². The summed E-state index contributed by atoms with van der Waals surface area (Å²) in [6.45, 7) is 6.39. The summed E-state index contributed by atoms with van der Waals surface area (Å²) >= 11 is 1.56. The van der Waals surface area contributed by atoms with Crippen LogP contribution in [0.3, 0.4) is 0 Å². The third kappa shape index (κ3) is 3.75. The van der Waals surface area contributed by atoms with Crippen molar-refractivity contribution in [1.82, 2.24) is 9.80 Å². The van der Waals surface area contributed by atoms with Crippen molar-refractivity contribution in [1.29, 1.82) is 0 Å². The fraction of sp³-hybridized carbons (Fsp3) is 0.400. The minimum absolute atomic E-state index is 0.0174. The number of benzene rings is 1. The smallest absolute Gasteiger partial charge is 0.264 e. The van der Waals surface area contributed by atoms with Crippen molar-refractivity contribution < 1.29 is 14.3 Å². The van der Waals surface area contributed by atoms with Gasteiger partial charge in [0.25, 0.3) is 11.8 Å². The van der Waals surface area contributed by atoms with E-state index < -0.39 is 0 Å². The van der Waals surface area contributed by atoms with Crippen molar-refractivity contribution in [2.75, 3.05) is 33.3 Å². The van der Waals surface area contributed by atoms with E-state index in [0.29, 0.717) is 37.5 Å². The van der Waals surface area contributed by atoms with E-state index in [2.05, 4.69) is 13.8 Å². The molecule has 1 fully saturated rings. The number of thiophene rings is 1. The number of hydrogen-bond donors (Lipinski definition) is 0. The zero-order chi connectivity index (χ0) is 18.7. The van der Waals surface area contributed by atoms with Gasteiger partial charge in [0.1, 0.15) is 5.75 Å². The van der Waals surface area contributed by atoms with E-state index in [1.54, 1.807) is 35.5 Å². The number of methoxy groups -OCH3 is 1. The molecule has 3 rings (SSSR count). The van der Waals surface area contributed by atoms with Crippen molar-refractivity contribution >= 4 is 23.2 Å². The first-order chi connectivity index (χ1) is 12.5. The highest BCUT2D eigenvalue weighted by molar-refractivity contribution is 7.14. The second-order valence-corrected chi connectivity index (χ2v) is 7.62. The second-order valence-electron chi connectivity index (χ2n) is 6.36. The zero-order valence-corrected chi connectivity index (χ0v) is 16.3. The molecule has 1 aliphatic rings. The molecule has 0 atom stereocenters. The molecule has 1 aliphatic heterocycles. The van der Waals surface area contributed by atoms with E-state index in [1.165, 1.54) is 10.4 Å². The molecule has 0 radical (unpaired) electrons. The van der Waals surface area contributed by atoms with Crippen LogP contribution in [0.15, 0.2) is 30.3 Å². The molecule has 0 saturated carbocycles. The standard InChI is InChI=1S/C20H24N2O3S/c1-4-15-13-18(26-14(15)2)20(24)22-10-8-21(9-11-22)19(23)16-6-5-7-17(12-16)25-3/h5-7,12-13H,4,8-11H2,1-3H3. The van der Waals surface area contributed by atoms with Gasteiger partial charge in [-0.2, -0.15) is 0 Å². The van der Waals surface area contributed by atoms with Gasteiger partial charge in [-0.15, -0.1) is 11.3 Å². The lowest BCUT2D eigenvalue weighted by Gasteiger charge is -2.34. The van der Waals surface area contributed by atoms with Gasteiger partial charge in [-0.25, -0.2) is 0 Å². The van der Waals surface area contributed by atoms with Crippen LogP contribution in [0.25, 0.3) is 0 Å². The summed E-state index contributed by atoms with van der Waals surface area (Å²) in [5, 5.41) is 0. The summed E-state index contributed by atoms with van der Waals surface area (Å²) in [7, 11) is 1.59. The topological polar surface area (TPSA) is 49.9 Å². The first-order valence-electron chi connectivity index (χ1n) is 8.85. The molecule has 26 heavy (non-hydrogen) atoms. The number of carbonyl (C=O) groups is 2. The second kappa shape index (κ2) is 7.91. The van der Waals surface area contributed by atoms with Crippen molar-refractivity contribution in [2.24, 2.45) is 0 Å². The molecule has 2 aromatic rings. The maximum Gasteiger partial charge on any atom is 0.264 e. The van der Waals surface area contributed by atoms with E-state index in [4.69, 9.17) is 4.74 Å². The molecular formula is C20H24N2O3S. The number of amides is 2. The van der Waals surface area contributed by atoms with Gasteiger partial charge in [-0.05, 0) is 43.2 Å². The average molecular weight is 372 g/mol. The fourth-order valence-corrected chi connectivity index (χ4v) is 4.27. The molecule has 5 nitrogen and oxygen atoms in total. The Morgan fingerprint density at radius 1 is 1.08 bits per heavy atom.